The van der Waals surface area contributed by atoms with Crippen LogP contribution < -0.4 is 4.74 Å². The van der Waals surface area contributed by atoms with E-state index in [4.69, 9.17) is 9.47 Å². The maximum atomic E-state index is 12.0. The van der Waals surface area contributed by atoms with E-state index in [-0.39, 0.29) is 18.0 Å². The fourth-order valence-corrected chi connectivity index (χ4v) is 1.91. The molecule has 0 saturated heterocycles. The lowest BCUT2D eigenvalue weighted by Gasteiger charge is -2.16. The van der Waals surface area contributed by atoms with Gasteiger partial charge in [0.05, 0.1) is 24.8 Å². The van der Waals surface area contributed by atoms with Gasteiger partial charge in [-0.3, -0.25) is 9.78 Å². The van der Waals surface area contributed by atoms with Crippen molar-refractivity contribution in [3.8, 4) is 5.75 Å². The van der Waals surface area contributed by atoms with Crippen molar-refractivity contribution in [2.45, 2.75) is 52.6 Å². The first-order valence-electron chi connectivity index (χ1n) is 6.86. The van der Waals surface area contributed by atoms with Gasteiger partial charge in [-0.1, -0.05) is 13.3 Å². The molecule has 0 fully saturated rings. The number of esters is 1. The van der Waals surface area contributed by atoms with Crippen molar-refractivity contribution in [3.63, 3.8) is 0 Å². The van der Waals surface area contributed by atoms with Gasteiger partial charge in [-0.25, -0.2) is 0 Å². The van der Waals surface area contributed by atoms with Crippen LogP contribution in [0.2, 0.25) is 0 Å². The van der Waals surface area contributed by atoms with Crippen LogP contribution in [0.3, 0.4) is 0 Å². The first kappa shape index (κ1) is 15.5. The van der Waals surface area contributed by atoms with E-state index >= 15 is 0 Å². The number of aromatic nitrogens is 1. The molecular formula is C15H23NO3. The Morgan fingerprint density at radius 3 is 2.63 bits per heavy atom. The van der Waals surface area contributed by atoms with Gasteiger partial charge in [0, 0.05) is 6.20 Å². The van der Waals surface area contributed by atoms with Gasteiger partial charge in [-0.05, 0) is 38.8 Å². The van der Waals surface area contributed by atoms with Crippen molar-refractivity contribution in [2.24, 2.45) is 0 Å². The minimum atomic E-state index is -0.256. The average molecular weight is 265 g/mol. The van der Waals surface area contributed by atoms with Gasteiger partial charge < -0.3 is 9.47 Å². The van der Waals surface area contributed by atoms with Gasteiger partial charge in [-0.2, -0.15) is 0 Å². The Bertz CT molecular complexity index is 404. The van der Waals surface area contributed by atoms with Crippen molar-refractivity contribution in [2.75, 3.05) is 6.61 Å². The second kappa shape index (κ2) is 7.77. The lowest BCUT2D eigenvalue weighted by molar-refractivity contribution is -0.145. The summed E-state index contributed by atoms with van der Waals surface area (Å²) in [6.45, 7) is 8.18. The molecule has 0 N–H and O–H groups in total. The van der Waals surface area contributed by atoms with Crippen LogP contribution in [0.5, 0.6) is 5.75 Å². The monoisotopic (exact) mass is 265 g/mol. The fraction of sp³-hybridized carbons (Fsp3) is 0.600. The topological polar surface area (TPSA) is 48.4 Å². The maximum absolute atomic E-state index is 12.0. The molecule has 1 aromatic rings. The first-order chi connectivity index (χ1) is 9.08. The van der Waals surface area contributed by atoms with Gasteiger partial charge in [0.2, 0.25) is 0 Å². The molecule has 0 aliphatic rings. The number of ether oxygens (including phenoxy) is 2. The van der Waals surface area contributed by atoms with Crippen molar-refractivity contribution < 1.29 is 14.3 Å². The molecule has 106 valence electrons. The second-order valence-corrected chi connectivity index (χ2v) is 4.71. The van der Waals surface area contributed by atoms with Crippen LogP contribution in [0.1, 0.15) is 52.0 Å². The van der Waals surface area contributed by atoms with E-state index in [0.29, 0.717) is 12.4 Å². The highest BCUT2D eigenvalue weighted by molar-refractivity contribution is 5.78. The van der Waals surface area contributed by atoms with Gasteiger partial charge >= 0.3 is 5.97 Å². The highest BCUT2D eigenvalue weighted by Gasteiger charge is 2.22. The number of nitrogens with zero attached hydrogens (tertiary/aromatic N) is 1. The molecule has 1 aromatic heterocycles. The summed E-state index contributed by atoms with van der Waals surface area (Å²) in [7, 11) is 0. The van der Waals surface area contributed by atoms with Crippen LogP contribution in [0, 0.1) is 0 Å². The molecule has 0 amide bonds. The third kappa shape index (κ3) is 4.89. The number of rotatable bonds is 7. The van der Waals surface area contributed by atoms with Gasteiger partial charge in [0.1, 0.15) is 5.75 Å². The predicted molar refractivity (Wildman–Crippen MR) is 74.3 cm³/mol. The molecule has 1 rings (SSSR count). The molecule has 0 saturated carbocycles. The normalized spacial score (nSPS) is 12.3. The van der Waals surface area contributed by atoms with Crippen molar-refractivity contribution in [1.82, 2.24) is 4.98 Å². The Morgan fingerprint density at radius 1 is 1.32 bits per heavy atom. The van der Waals surface area contributed by atoms with E-state index in [9.17, 15) is 4.79 Å². The van der Waals surface area contributed by atoms with E-state index < -0.39 is 0 Å². The van der Waals surface area contributed by atoms with Gasteiger partial charge in [-0.15, -0.1) is 0 Å². The summed E-state index contributed by atoms with van der Waals surface area (Å²) >= 11 is 0. The summed E-state index contributed by atoms with van der Waals surface area (Å²) < 4.78 is 10.7. The number of carbonyl (C=O) groups is 1. The molecule has 1 unspecified atom stereocenters. The lowest BCUT2D eigenvalue weighted by Crippen LogP contribution is -2.16. The molecule has 0 bridgehead atoms. The SMILES string of the molecule is CCCC(C(=O)OCC)c1cncc(OC(C)C)c1. The zero-order valence-electron chi connectivity index (χ0n) is 12.2. The number of hydrogen-bond acceptors (Lipinski definition) is 4. The molecule has 1 atom stereocenters. The minimum absolute atomic E-state index is 0.0873. The molecule has 0 aliphatic heterocycles. The fourth-order valence-electron chi connectivity index (χ4n) is 1.91. The highest BCUT2D eigenvalue weighted by atomic mass is 16.5. The third-order valence-electron chi connectivity index (χ3n) is 2.66. The number of pyridine rings is 1. The van der Waals surface area contributed by atoms with E-state index in [1.54, 1.807) is 12.4 Å². The second-order valence-electron chi connectivity index (χ2n) is 4.71. The Kier molecular flexibility index (Phi) is 6.33. The summed E-state index contributed by atoms with van der Waals surface area (Å²) in [6.07, 6.45) is 5.14. The van der Waals surface area contributed by atoms with Gasteiger partial charge in [0.15, 0.2) is 0 Å². The Labute approximate surface area is 115 Å². The van der Waals surface area contributed by atoms with Crippen molar-refractivity contribution in [1.29, 1.82) is 0 Å². The van der Waals surface area contributed by atoms with Crippen LogP contribution in [0.15, 0.2) is 18.5 Å². The first-order valence-corrected chi connectivity index (χ1v) is 6.86. The summed E-state index contributed by atoms with van der Waals surface area (Å²) in [5.74, 6) is 0.249. The molecule has 1 heterocycles. The minimum Gasteiger partial charge on any atom is -0.489 e. The Balaban J connectivity index is 2.92. The molecule has 0 aliphatic carbocycles. The Morgan fingerprint density at radius 2 is 2.05 bits per heavy atom. The quantitative estimate of drug-likeness (QED) is 0.710. The largest absolute Gasteiger partial charge is 0.489 e. The Hall–Kier alpha value is -1.58. The third-order valence-corrected chi connectivity index (χ3v) is 2.66. The molecule has 0 spiro atoms. The van der Waals surface area contributed by atoms with Crippen molar-refractivity contribution >= 4 is 5.97 Å². The molecule has 4 heteroatoms. The van der Waals surface area contributed by atoms with Crippen molar-refractivity contribution in [3.05, 3.63) is 24.0 Å². The van der Waals surface area contributed by atoms with Crippen LogP contribution >= 0.6 is 0 Å². The summed E-state index contributed by atoms with van der Waals surface area (Å²) in [6, 6.07) is 1.88. The highest BCUT2D eigenvalue weighted by Crippen LogP contribution is 2.25. The van der Waals surface area contributed by atoms with E-state index in [2.05, 4.69) is 4.98 Å². The molecule has 0 aromatic carbocycles. The van der Waals surface area contributed by atoms with Crippen LogP contribution in [0.4, 0.5) is 0 Å². The predicted octanol–water partition coefficient (Wildman–Crippen LogP) is 3.32. The molecule has 19 heavy (non-hydrogen) atoms. The number of hydrogen-bond donors (Lipinski definition) is 0. The van der Waals surface area contributed by atoms with Crippen LogP contribution in [0.25, 0.3) is 0 Å². The molecule has 4 nitrogen and oxygen atoms in total. The average Bonchev–Trinajstić information content (AvgIpc) is 2.35. The standard InChI is InChI=1S/C15H23NO3/c1-5-7-14(15(17)18-6-2)12-8-13(10-16-9-12)19-11(3)4/h8-11,14H,5-7H2,1-4H3. The summed E-state index contributed by atoms with van der Waals surface area (Å²) in [4.78, 5) is 16.1. The molecule has 0 radical (unpaired) electrons. The van der Waals surface area contributed by atoms with E-state index in [0.717, 1.165) is 18.4 Å². The zero-order valence-corrected chi connectivity index (χ0v) is 12.2. The van der Waals surface area contributed by atoms with Gasteiger partial charge in [0.25, 0.3) is 0 Å². The zero-order chi connectivity index (χ0) is 14.3. The lowest BCUT2D eigenvalue weighted by atomic mass is 9.96. The number of carbonyl (C=O) groups excluding carboxylic acids is 1. The van der Waals surface area contributed by atoms with E-state index in [1.807, 2.05) is 33.8 Å². The van der Waals surface area contributed by atoms with Crippen LogP contribution in [-0.4, -0.2) is 23.7 Å². The summed E-state index contributed by atoms with van der Waals surface area (Å²) in [5.41, 5.74) is 0.860. The van der Waals surface area contributed by atoms with Crippen LogP contribution in [-0.2, 0) is 9.53 Å². The smallest absolute Gasteiger partial charge is 0.313 e. The summed E-state index contributed by atoms with van der Waals surface area (Å²) in [5, 5.41) is 0. The van der Waals surface area contributed by atoms with E-state index in [1.165, 1.54) is 0 Å². The molecular weight excluding hydrogens is 242 g/mol. The maximum Gasteiger partial charge on any atom is 0.313 e.